The molecule has 1 rings (SSSR count). The fraction of sp³-hybridized carbons (Fsp3) is 0.636. The third kappa shape index (κ3) is 5.45. The van der Waals surface area contributed by atoms with Gasteiger partial charge in [-0.3, -0.25) is 0 Å². The molecule has 0 atom stereocenters. The Morgan fingerprint density at radius 1 is 1.12 bits per heavy atom. The Morgan fingerprint density at radius 2 is 1.59 bits per heavy atom. The minimum Gasteiger partial charge on any atom is -1.00 e. The number of hydrogen-bond acceptors (Lipinski definition) is 2. The van der Waals surface area contributed by atoms with Crippen LogP contribution in [0, 0.1) is 5.92 Å². The van der Waals surface area contributed by atoms with Gasteiger partial charge < -0.3 is 13.1 Å². The summed E-state index contributed by atoms with van der Waals surface area (Å²) in [4.78, 5) is 22.0. The van der Waals surface area contributed by atoms with E-state index in [1.54, 1.807) is 6.92 Å². The smallest absolute Gasteiger partial charge is 1.00 e. The van der Waals surface area contributed by atoms with Crippen LogP contribution >= 0.6 is 0 Å². The number of hydrogen-bond donors (Lipinski definition) is 2. The summed E-state index contributed by atoms with van der Waals surface area (Å²) in [6.07, 6.45) is 3.88. The Balaban J connectivity index is -0.000000281. The standard InChI is InChI=1S/C11H16O4.2Na.2H/c1-2-8(10(12)13)9(11(14)15)7-5-3-4-6-7;;;;/h7H,2-6H2,1H3,(H,12,13)(H,14,15);;;;/q;2*+1;2*-1/b9-8-;;;;. The van der Waals surface area contributed by atoms with E-state index in [9.17, 15) is 9.59 Å². The van der Waals surface area contributed by atoms with E-state index in [2.05, 4.69) is 0 Å². The maximum atomic E-state index is 11.1. The first kappa shape index (κ1) is 20.0. The SMILES string of the molecule is CC/C(C(=O)O)=C(/C(=O)O)C1CCCC1.[H-].[H-].[Na+].[Na+]. The quantitative estimate of drug-likeness (QED) is 0.403. The maximum absolute atomic E-state index is 11.1. The van der Waals surface area contributed by atoms with Crippen LogP contribution in [0.1, 0.15) is 41.9 Å². The van der Waals surface area contributed by atoms with Crippen molar-refractivity contribution >= 4 is 11.9 Å². The van der Waals surface area contributed by atoms with Crippen molar-refractivity contribution in [2.45, 2.75) is 39.0 Å². The Bertz CT molecular complexity index is 316. The van der Waals surface area contributed by atoms with Crippen molar-refractivity contribution in [1.29, 1.82) is 0 Å². The van der Waals surface area contributed by atoms with Crippen LogP contribution in [0.25, 0.3) is 0 Å². The summed E-state index contributed by atoms with van der Waals surface area (Å²) >= 11 is 0. The minimum atomic E-state index is -1.10. The van der Waals surface area contributed by atoms with Gasteiger partial charge in [-0.25, -0.2) is 9.59 Å². The van der Waals surface area contributed by atoms with E-state index in [4.69, 9.17) is 10.2 Å². The van der Waals surface area contributed by atoms with Crippen LogP contribution in [-0.2, 0) is 9.59 Å². The molecule has 4 nitrogen and oxygen atoms in total. The Labute approximate surface area is 148 Å². The molecule has 17 heavy (non-hydrogen) atoms. The van der Waals surface area contributed by atoms with Crippen molar-refractivity contribution in [3.05, 3.63) is 11.1 Å². The largest absolute Gasteiger partial charge is 1.00 e. The second-order valence-corrected chi connectivity index (χ2v) is 3.84. The molecule has 0 aliphatic heterocycles. The summed E-state index contributed by atoms with van der Waals surface area (Å²) in [6.45, 7) is 1.68. The zero-order valence-electron chi connectivity index (χ0n) is 12.8. The van der Waals surface area contributed by atoms with Gasteiger partial charge in [-0.15, -0.1) is 0 Å². The summed E-state index contributed by atoms with van der Waals surface area (Å²) in [7, 11) is 0. The molecule has 0 heterocycles. The van der Waals surface area contributed by atoms with E-state index in [0.717, 1.165) is 25.7 Å². The zero-order valence-corrected chi connectivity index (χ0v) is 14.8. The monoisotopic (exact) mass is 260 g/mol. The minimum absolute atomic E-state index is 0. The van der Waals surface area contributed by atoms with Gasteiger partial charge in [-0.2, -0.15) is 0 Å². The van der Waals surface area contributed by atoms with Gasteiger partial charge in [-0.05, 0) is 25.2 Å². The van der Waals surface area contributed by atoms with Gasteiger partial charge in [-0.1, -0.05) is 19.8 Å². The molecule has 0 radical (unpaired) electrons. The number of carboxylic acid groups (broad SMARTS) is 2. The zero-order chi connectivity index (χ0) is 11.4. The molecule has 0 unspecified atom stereocenters. The molecule has 1 aliphatic rings. The van der Waals surface area contributed by atoms with Crippen LogP contribution in [0.15, 0.2) is 11.1 Å². The van der Waals surface area contributed by atoms with Crippen LogP contribution < -0.4 is 59.1 Å². The molecule has 0 aromatic carbocycles. The van der Waals surface area contributed by atoms with E-state index >= 15 is 0 Å². The number of aliphatic carboxylic acids is 2. The van der Waals surface area contributed by atoms with Crippen LogP contribution in [-0.4, -0.2) is 22.2 Å². The van der Waals surface area contributed by atoms with Gasteiger partial charge >= 0.3 is 71.1 Å². The summed E-state index contributed by atoms with van der Waals surface area (Å²) in [6, 6.07) is 0. The van der Waals surface area contributed by atoms with Gasteiger partial charge in [0.25, 0.3) is 0 Å². The normalized spacial score (nSPS) is 16.5. The first-order valence-electron chi connectivity index (χ1n) is 5.27. The summed E-state index contributed by atoms with van der Waals surface area (Å²) in [5.41, 5.74) is 0.192. The average Bonchev–Trinajstić information content (AvgIpc) is 2.64. The third-order valence-electron chi connectivity index (χ3n) is 2.93. The van der Waals surface area contributed by atoms with Crippen LogP contribution in [0.2, 0.25) is 0 Å². The van der Waals surface area contributed by atoms with Crippen molar-refractivity contribution in [3.8, 4) is 0 Å². The van der Waals surface area contributed by atoms with Crippen molar-refractivity contribution in [1.82, 2.24) is 0 Å². The predicted molar refractivity (Wildman–Crippen MR) is 56.8 cm³/mol. The number of carboxylic acids is 2. The summed E-state index contributed by atoms with van der Waals surface area (Å²) in [5, 5.41) is 18.0. The van der Waals surface area contributed by atoms with E-state index in [0.29, 0.717) is 0 Å². The molecule has 0 aromatic heterocycles. The molecule has 0 spiro atoms. The average molecular weight is 260 g/mol. The fourth-order valence-electron chi connectivity index (χ4n) is 2.22. The summed E-state index contributed by atoms with van der Waals surface area (Å²) < 4.78 is 0. The molecule has 1 aliphatic carbocycles. The summed E-state index contributed by atoms with van der Waals surface area (Å²) in [5.74, 6) is -2.23. The van der Waals surface area contributed by atoms with Crippen LogP contribution in [0.4, 0.5) is 0 Å². The molecule has 0 bridgehead atoms. The Morgan fingerprint density at radius 3 is 1.88 bits per heavy atom. The molecule has 88 valence electrons. The van der Waals surface area contributed by atoms with Gasteiger partial charge in [0, 0.05) is 5.57 Å². The van der Waals surface area contributed by atoms with Gasteiger partial charge in [0.1, 0.15) is 0 Å². The number of carbonyl (C=O) groups is 2. The van der Waals surface area contributed by atoms with Crippen LogP contribution in [0.5, 0.6) is 0 Å². The van der Waals surface area contributed by atoms with Gasteiger partial charge in [0.15, 0.2) is 0 Å². The maximum Gasteiger partial charge on any atom is 1.00 e. The molecular formula is C11H18Na2O4. The van der Waals surface area contributed by atoms with E-state index in [-0.39, 0.29) is 85.5 Å². The van der Waals surface area contributed by atoms with Crippen LogP contribution in [0.3, 0.4) is 0 Å². The molecule has 1 saturated carbocycles. The van der Waals surface area contributed by atoms with Crippen molar-refractivity contribution in [2.24, 2.45) is 5.92 Å². The van der Waals surface area contributed by atoms with Crippen molar-refractivity contribution in [3.63, 3.8) is 0 Å². The topological polar surface area (TPSA) is 74.6 Å². The van der Waals surface area contributed by atoms with Crippen molar-refractivity contribution < 1.29 is 81.8 Å². The predicted octanol–water partition coefficient (Wildman–Crippen LogP) is -3.71. The second-order valence-electron chi connectivity index (χ2n) is 3.84. The van der Waals surface area contributed by atoms with Crippen molar-refractivity contribution in [2.75, 3.05) is 0 Å². The van der Waals surface area contributed by atoms with E-state index < -0.39 is 11.9 Å². The molecule has 0 saturated heterocycles. The Kier molecular flexibility index (Phi) is 11.3. The Hall–Kier alpha value is 0.680. The fourth-order valence-corrected chi connectivity index (χ4v) is 2.22. The molecule has 1 fully saturated rings. The molecule has 0 amide bonds. The molecule has 2 N–H and O–H groups in total. The first-order chi connectivity index (χ1) is 7.07. The molecular weight excluding hydrogens is 242 g/mol. The van der Waals surface area contributed by atoms with Gasteiger partial charge in [0.05, 0.1) is 5.57 Å². The number of rotatable bonds is 4. The molecule has 6 heteroatoms. The molecule has 0 aromatic rings. The van der Waals surface area contributed by atoms with Gasteiger partial charge in [0.2, 0.25) is 0 Å². The third-order valence-corrected chi connectivity index (χ3v) is 2.93. The van der Waals surface area contributed by atoms with E-state index in [1.807, 2.05) is 0 Å². The first-order valence-corrected chi connectivity index (χ1v) is 5.27. The van der Waals surface area contributed by atoms with E-state index in [1.165, 1.54) is 0 Å². The second kappa shape index (κ2) is 9.59.